The highest BCUT2D eigenvalue weighted by Crippen LogP contribution is 2.19. The summed E-state index contributed by atoms with van der Waals surface area (Å²) in [6, 6.07) is 13.2. The van der Waals surface area contributed by atoms with Gasteiger partial charge in [0.2, 0.25) is 5.16 Å². The molecule has 8 heteroatoms. The first-order valence-electron chi connectivity index (χ1n) is 7.38. The highest BCUT2D eigenvalue weighted by Gasteiger charge is 2.11. The molecule has 0 aliphatic carbocycles. The molecule has 0 amide bonds. The monoisotopic (exact) mass is 376 g/mol. The Morgan fingerprint density at radius 1 is 1.04 bits per heavy atom. The first kappa shape index (κ1) is 17.4. The summed E-state index contributed by atoms with van der Waals surface area (Å²) in [5.74, 6) is 6.06. The maximum absolute atomic E-state index is 12.9. The molecule has 128 valence electrons. The van der Waals surface area contributed by atoms with E-state index in [0.29, 0.717) is 22.4 Å². The zero-order chi connectivity index (χ0) is 17.8. The second-order valence-corrected chi connectivity index (χ2v) is 6.70. The van der Waals surface area contributed by atoms with E-state index in [9.17, 15) is 9.18 Å². The second kappa shape index (κ2) is 7.67. The van der Waals surface area contributed by atoms with Crippen LogP contribution in [0.4, 0.5) is 4.39 Å². The number of hydrogen-bond donors (Lipinski definition) is 1. The van der Waals surface area contributed by atoms with E-state index in [1.807, 2.05) is 12.1 Å². The number of halogens is 2. The van der Waals surface area contributed by atoms with Crippen LogP contribution in [-0.2, 0) is 12.2 Å². The summed E-state index contributed by atoms with van der Waals surface area (Å²) in [5, 5.41) is 8.97. The third-order valence-electron chi connectivity index (χ3n) is 3.49. The third kappa shape index (κ3) is 4.37. The molecule has 3 aromatic rings. The Labute approximate surface area is 152 Å². The van der Waals surface area contributed by atoms with Gasteiger partial charge in [0.05, 0.1) is 0 Å². The van der Waals surface area contributed by atoms with Crippen LogP contribution in [0, 0.1) is 5.82 Å². The standard InChI is InChI=1S/C17H14ClFN4OS/c18-13-5-1-11(2-6-13)9-15-16(24)23(20)17(22-21-15)25-10-12-3-7-14(19)8-4-12/h1-8H,9-10,20H2. The average molecular weight is 377 g/mol. The summed E-state index contributed by atoms with van der Waals surface area (Å²) in [7, 11) is 0. The third-order valence-corrected chi connectivity index (χ3v) is 4.76. The molecular formula is C17H14ClFN4OS. The van der Waals surface area contributed by atoms with E-state index in [0.717, 1.165) is 15.8 Å². The zero-order valence-corrected chi connectivity index (χ0v) is 14.6. The average Bonchev–Trinajstić information content (AvgIpc) is 2.61. The molecule has 0 radical (unpaired) electrons. The normalized spacial score (nSPS) is 10.8. The van der Waals surface area contributed by atoms with Crippen molar-refractivity contribution in [3.63, 3.8) is 0 Å². The van der Waals surface area contributed by atoms with Crippen molar-refractivity contribution in [1.82, 2.24) is 14.9 Å². The van der Waals surface area contributed by atoms with Crippen molar-refractivity contribution in [2.24, 2.45) is 0 Å². The van der Waals surface area contributed by atoms with Gasteiger partial charge in [0.1, 0.15) is 11.5 Å². The van der Waals surface area contributed by atoms with Gasteiger partial charge in [0.25, 0.3) is 5.56 Å². The number of nitrogens with two attached hydrogens (primary N) is 1. The Kier molecular flexibility index (Phi) is 5.35. The fourth-order valence-corrected chi connectivity index (χ4v) is 3.09. The first-order chi connectivity index (χ1) is 12.0. The molecule has 0 unspecified atom stereocenters. The van der Waals surface area contributed by atoms with Crippen LogP contribution >= 0.6 is 23.4 Å². The van der Waals surface area contributed by atoms with Crippen molar-refractivity contribution in [2.45, 2.75) is 17.3 Å². The SMILES string of the molecule is Nn1c(SCc2ccc(F)cc2)nnc(Cc2ccc(Cl)cc2)c1=O. The number of benzene rings is 2. The smallest absolute Gasteiger partial charge is 0.294 e. The Hall–Kier alpha value is -2.38. The molecule has 0 saturated heterocycles. The molecule has 0 aliphatic heterocycles. The van der Waals surface area contributed by atoms with Gasteiger partial charge in [-0.3, -0.25) is 4.79 Å². The van der Waals surface area contributed by atoms with Gasteiger partial charge in [-0.2, -0.15) is 4.68 Å². The minimum atomic E-state index is -0.397. The summed E-state index contributed by atoms with van der Waals surface area (Å²) < 4.78 is 13.9. The van der Waals surface area contributed by atoms with Crippen LogP contribution in [0.1, 0.15) is 16.8 Å². The Morgan fingerprint density at radius 2 is 1.68 bits per heavy atom. The molecule has 0 atom stereocenters. The lowest BCUT2D eigenvalue weighted by atomic mass is 10.1. The number of thioether (sulfide) groups is 1. The quantitative estimate of drug-likeness (QED) is 0.547. The minimum Gasteiger partial charge on any atom is -0.334 e. The molecule has 25 heavy (non-hydrogen) atoms. The molecule has 3 rings (SSSR count). The van der Waals surface area contributed by atoms with E-state index in [2.05, 4.69) is 10.2 Å². The van der Waals surface area contributed by atoms with Crippen molar-refractivity contribution in [3.8, 4) is 0 Å². The van der Waals surface area contributed by atoms with Gasteiger partial charge in [-0.25, -0.2) is 4.39 Å². The van der Waals surface area contributed by atoms with E-state index >= 15 is 0 Å². The Bertz CT molecular complexity index is 929. The summed E-state index contributed by atoms with van der Waals surface area (Å²) in [6.07, 6.45) is 0.323. The van der Waals surface area contributed by atoms with Crippen LogP contribution in [0.15, 0.2) is 58.5 Å². The Balaban J connectivity index is 1.74. The van der Waals surface area contributed by atoms with Gasteiger partial charge in [0.15, 0.2) is 0 Å². The van der Waals surface area contributed by atoms with E-state index in [4.69, 9.17) is 17.4 Å². The zero-order valence-electron chi connectivity index (χ0n) is 13.0. The fraction of sp³-hybridized carbons (Fsp3) is 0.118. The molecule has 5 nitrogen and oxygen atoms in total. The van der Waals surface area contributed by atoms with Crippen molar-refractivity contribution >= 4 is 23.4 Å². The van der Waals surface area contributed by atoms with E-state index < -0.39 is 5.56 Å². The van der Waals surface area contributed by atoms with Crippen LogP contribution < -0.4 is 11.4 Å². The summed E-state index contributed by atoms with van der Waals surface area (Å²) in [4.78, 5) is 12.4. The topological polar surface area (TPSA) is 73.8 Å². The van der Waals surface area contributed by atoms with Crippen LogP contribution in [0.2, 0.25) is 5.02 Å². The lowest BCUT2D eigenvalue weighted by molar-refractivity contribution is 0.627. The maximum Gasteiger partial charge on any atom is 0.294 e. The number of nitrogens with zero attached hydrogens (tertiary/aromatic N) is 3. The second-order valence-electron chi connectivity index (χ2n) is 5.32. The van der Waals surface area contributed by atoms with Crippen molar-refractivity contribution < 1.29 is 4.39 Å². The highest BCUT2D eigenvalue weighted by atomic mass is 35.5. The molecule has 1 aromatic heterocycles. The lowest BCUT2D eigenvalue weighted by Crippen LogP contribution is -2.33. The number of rotatable bonds is 5. The molecule has 0 saturated carbocycles. The predicted molar refractivity (Wildman–Crippen MR) is 96.7 cm³/mol. The maximum atomic E-state index is 12.9. The van der Waals surface area contributed by atoms with Gasteiger partial charge in [-0.1, -0.05) is 47.6 Å². The van der Waals surface area contributed by atoms with Gasteiger partial charge < -0.3 is 5.84 Å². The molecule has 2 N–H and O–H groups in total. The first-order valence-corrected chi connectivity index (χ1v) is 8.74. The van der Waals surface area contributed by atoms with Crippen molar-refractivity contribution in [1.29, 1.82) is 0 Å². The Morgan fingerprint density at radius 3 is 2.36 bits per heavy atom. The van der Waals surface area contributed by atoms with E-state index in [-0.39, 0.29) is 11.5 Å². The fourth-order valence-electron chi connectivity index (χ4n) is 2.15. The van der Waals surface area contributed by atoms with Gasteiger partial charge in [-0.05, 0) is 35.4 Å². The molecule has 2 aromatic carbocycles. The molecular weight excluding hydrogens is 363 g/mol. The van der Waals surface area contributed by atoms with Gasteiger partial charge >= 0.3 is 0 Å². The van der Waals surface area contributed by atoms with Gasteiger partial charge in [-0.15, -0.1) is 10.2 Å². The largest absolute Gasteiger partial charge is 0.334 e. The van der Waals surface area contributed by atoms with E-state index in [1.54, 1.807) is 24.3 Å². The number of nitrogen functional groups attached to an aromatic ring is 1. The predicted octanol–water partition coefficient (Wildman–Crippen LogP) is 3.03. The molecule has 0 spiro atoms. The van der Waals surface area contributed by atoms with Crippen LogP contribution in [-0.4, -0.2) is 14.9 Å². The van der Waals surface area contributed by atoms with Crippen LogP contribution in [0.5, 0.6) is 0 Å². The molecule has 0 bridgehead atoms. The molecule has 0 fully saturated rings. The lowest BCUT2D eigenvalue weighted by Gasteiger charge is -2.08. The van der Waals surface area contributed by atoms with Crippen molar-refractivity contribution in [3.05, 3.63) is 86.5 Å². The van der Waals surface area contributed by atoms with E-state index in [1.165, 1.54) is 23.9 Å². The summed E-state index contributed by atoms with van der Waals surface area (Å²) in [5.41, 5.74) is 1.65. The van der Waals surface area contributed by atoms with Gasteiger partial charge in [0, 0.05) is 17.2 Å². The number of aromatic nitrogens is 3. The molecule has 0 aliphatic rings. The summed E-state index contributed by atoms with van der Waals surface area (Å²) in [6.45, 7) is 0. The summed E-state index contributed by atoms with van der Waals surface area (Å²) >= 11 is 7.11. The molecule has 1 heterocycles. The van der Waals surface area contributed by atoms with Crippen LogP contribution in [0.3, 0.4) is 0 Å². The minimum absolute atomic E-state index is 0.260. The van der Waals surface area contributed by atoms with Crippen LogP contribution in [0.25, 0.3) is 0 Å². The van der Waals surface area contributed by atoms with Crippen molar-refractivity contribution in [2.75, 3.05) is 5.84 Å². The number of hydrogen-bond acceptors (Lipinski definition) is 5. The highest BCUT2D eigenvalue weighted by molar-refractivity contribution is 7.98.